The fraction of sp³-hybridized carbons (Fsp3) is 0.929. The zero-order valence-electron chi connectivity index (χ0n) is 13.3. The van der Waals surface area contributed by atoms with Gasteiger partial charge in [-0.3, -0.25) is 4.79 Å². The van der Waals surface area contributed by atoms with E-state index in [0.29, 0.717) is 13.1 Å². The number of aliphatic carboxylic acids is 1. The van der Waals surface area contributed by atoms with Crippen LogP contribution < -0.4 is 0 Å². The molecular formula is C14H26N2O5S. The maximum atomic E-state index is 12.9. The molecule has 0 aromatic carbocycles. The van der Waals surface area contributed by atoms with Gasteiger partial charge in [0.2, 0.25) is 0 Å². The van der Waals surface area contributed by atoms with Crippen molar-refractivity contribution in [2.45, 2.75) is 57.6 Å². The van der Waals surface area contributed by atoms with Crippen molar-refractivity contribution in [3.05, 3.63) is 0 Å². The van der Waals surface area contributed by atoms with Crippen molar-refractivity contribution in [2.24, 2.45) is 0 Å². The van der Waals surface area contributed by atoms with Crippen LogP contribution >= 0.6 is 0 Å². The van der Waals surface area contributed by atoms with E-state index in [9.17, 15) is 18.3 Å². The normalized spacial score (nSPS) is 28.7. The van der Waals surface area contributed by atoms with Crippen LogP contribution in [-0.2, 0) is 19.7 Å². The van der Waals surface area contributed by atoms with Crippen molar-refractivity contribution in [1.82, 2.24) is 8.61 Å². The highest BCUT2D eigenvalue weighted by Gasteiger charge is 2.45. The van der Waals surface area contributed by atoms with Crippen LogP contribution in [0.15, 0.2) is 0 Å². The molecule has 0 aromatic rings. The van der Waals surface area contributed by atoms with E-state index in [4.69, 9.17) is 4.74 Å². The number of carboxylic acid groups (broad SMARTS) is 1. The first-order valence-electron chi connectivity index (χ1n) is 7.88. The Morgan fingerprint density at radius 3 is 2.23 bits per heavy atom. The molecule has 0 amide bonds. The highest BCUT2D eigenvalue weighted by molar-refractivity contribution is 7.86. The van der Waals surface area contributed by atoms with Gasteiger partial charge in [-0.25, -0.2) is 0 Å². The van der Waals surface area contributed by atoms with Gasteiger partial charge in [-0.15, -0.1) is 0 Å². The van der Waals surface area contributed by atoms with E-state index in [1.165, 1.54) is 4.31 Å². The first-order valence-corrected chi connectivity index (χ1v) is 9.27. The van der Waals surface area contributed by atoms with Crippen molar-refractivity contribution in [3.8, 4) is 0 Å². The van der Waals surface area contributed by atoms with Gasteiger partial charge in [0.1, 0.15) is 6.04 Å². The number of hydrogen-bond donors (Lipinski definition) is 1. The van der Waals surface area contributed by atoms with E-state index in [1.54, 1.807) is 13.8 Å². The van der Waals surface area contributed by atoms with Crippen LogP contribution in [0.1, 0.15) is 46.0 Å². The number of morpholine rings is 1. The fourth-order valence-corrected chi connectivity index (χ4v) is 4.92. The van der Waals surface area contributed by atoms with Gasteiger partial charge in [0.15, 0.2) is 0 Å². The number of nitrogens with zero attached hydrogens (tertiary/aromatic N) is 2. The highest BCUT2D eigenvalue weighted by atomic mass is 32.2. The number of rotatable bonds is 3. The van der Waals surface area contributed by atoms with Gasteiger partial charge >= 0.3 is 5.97 Å². The second-order valence-electron chi connectivity index (χ2n) is 6.64. The smallest absolute Gasteiger partial charge is 0.324 e. The Morgan fingerprint density at radius 2 is 1.68 bits per heavy atom. The summed E-state index contributed by atoms with van der Waals surface area (Å²) in [6, 6.07) is -1.15. The van der Waals surface area contributed by atoms with Gasteiger partial charge in [0, 0.05) is 19.6 Å². The van der Waals surface area contributed by atoms with E-state index in [2.05, 4.69) is 0 Å². The van der Waals surface area contributed by atoms with Gasteiger partial charge in [-0.05, 0) is 26.7 Å². The molecule has 0 aromatic heterocycles. The molecule has 8 heteroatoms. The summed E-state index contributed by atoms with van der Waals surface area (Å²) in [5, 5.41) is 9.34. The Morgan fingerprint density at radius 1 is 1.14 bits per heavy atom. The predicted molar refractivity (Wildman–Crippen MR) is 81.7 cm³/mol. The summed E-state index contributed by atoms with van der Waals surface area (Å²) in [6.45, 7) is 4.43. The van der Waals surface area contributed by atoms with Crippen molar-refractivity contribution >= 4 is 16.2 Å². The molecule has 0 spiro atoms. The summed E-state index contributed by atoms with van der Waals surface area (Å²) in [4.78, 5) is 11.4. The van der Waals surface area contributed by atoms with Crippen molar-refractivity contribution in [1.29, 1.82) is 0 Å². The number of carbonyl (C=O) groups is 1. The number of carboxylic acids is 1. The van der Waals surface area contributed by atoms with Crippen LogP contribution in [0.5, 0.6) is 0 Å². The quantitative estimate of drug-likeness (QED) is 0.834. The second-order valence-corrected chi connectivity index (χ2v) is 8.53. The molecule has 2 aliphatic rings. The molecule has 1 atom stereocenters. The Balaban J connectivity index is 2.24. The van der Waals surface area contributed by atoms with Crippen LogP contribution in [0.2, 0.25) is 0 Å². The van der Waals surface area contributed by atoms with E-state index < -0.39 is 27.8 Å². The molecule has 0 bridgehead atoms. The molecule has 22 heavy (non-hydrogen) atoms. The van der Waals surface area contributed by atoms with E-state index >= 15 is 0 Å². The summed E-state index contributed by atoms with van der Waals surface area (Å²) in [5.74, 6) is -1.16. The number of ether oxygens (including phenoxy) is 1. The molecule has 2 rings (SSSR count). The zero-order valence-corrected chi connectivity index (χ0v) is 14.1. The Hall–Kier alpha value is -0.700. The van der Waals surface area contributed by atoms with Crippen molar-refractivity contribution in [2.75, 3.05) is 26.2 Å². The molecule has 2 aliphatic heterocycles. The average molecular weight is 334 g/mol. The summed E-state index contributed by atoms with van der Waals surface area (Å²) in [5.41, 5.74) is -0.679. The predicted octanol–water partition coefficient (Wildman–Crippen LogP) is 1.06. The Kier molecular flexibility index (Phi) is 5.47. The van der Waals surface area contributed by atoms with Gasteiger partial charge in [0.25, 0.3) is 10.2 Å². The topological polar surface area (TPSA) is 87.2 Å². The van der Waals surface area contributed by atoms with Crippen LogP contribution in [0.4, 0.5) is 0 Å². The monoisotopic (exact) mass is 334 g/mol. The highest BCUT2D eigenvalue weighted by Crippen LogP contribution is 2.26. The minimum atomic E-state index is -3.78. The lowest BCUT2D eigenvalue weighted by atomic mass is 10.1. The lowest BCUT2D eigenvalue weighted by Gasteiger charge is -2.42. The van der Waals surface area contributed by atoms with Crippen LogP contribution in [0.25, 0.3) is 0 Å². The summed E-state index contributed by atoms with van der Waals surface area (Å²) in [6.07, 6.45) is 4.82. The molecular weight excluding hydrogens is 308 g/mol. The van der Waals surface area contributed by atoms with Crippen molar-refractivity contribution in [3.63, 3.8) is 0 Å². The molecule has 7 nitrogen and oxygen atoms in total. The standard InChI is InChI=1S/C14H26N2O5S/c1-14(2)11-16(12(10-21-14)13(17)18)22(19,20)15-8-6-4-3-5-7-9-15/h12H,3-11H2,1-2H3,(H,17,18). The van der Waals surface area contributed by atoms with E-state index in [1.807, 2.05) is 0 Å². The molecule has 1 unspecified atom stereocenters. The Bertz CT molecular complexity index is 497. The lowest BCUT2D eigenvalue weighted by Crippen LogP contribution is -2.61. The van der Waals surface area contributed by atoms with Crippen LogP contribution in [0, 0.1) is 0 Å². The Labute approximate surface area is 132 Å². The molecule has 128 valence electrons. The second kappa shape index (κ2) is 6.82. The molecule has 0 aliphatic carbocycles. The lowest BCUT2D eigenvalue weighted by molar-refractivity contribution is -0.154. The minimum absolute atomic E-state index is 0.0583. The molecule has 0 radical (unpaired) electrons. The van der Waals surface area contributed by atoms with Crippen LogP contribution in [0.3, 0.4) is 0 Å². The summed E-state index contributed by atoms with van der Waals surface area (Å²) < 4.78 is 33.9. The van der Waals surface area contributed by atoms with Gasteiger partial charge in [-0.2, -0.15) is 17.0 Å². The molecule has 1 N–H and O–H groups in total. The number of hydrogen-bond acceptors (Lipinski definition) is 4. The van der Waals surface area contributed by atoms with Gasteiger partial charge in [0.05, 0.1) is 12.2 Å². The molecule has 2 saturated heterocycles. The summed E-state index contributed by atoms with van der Waals surface area (Å²) >= 11 is 0. The molecule has 2 fully saturated rings. The average Bonchev–Trinajstić information content (AvgIpc) is 2.36. The molecule has 2 heterocycles. The van der Waals surface area contributed by atoms with E-state index in [-0.39, 0.29) is 13.2 Å². The zero-order chi connectivity index (χ0) is 16.4. The van der Waals surface area contributed by atoms with Crippen LogP contribution in [-0.4, -0.2) is 66.0 Å². The largest absolute Gasteiger partial charge is 0.480 e. The third-order valence-corrected chi connectivity index (χ3v) is 6.23. The maximum absolute atomic E-state index is 12.9. The van der Waals surface area contributed by atoms with Gasteiger partial charge in [-0.1, -0.05) is 19.3 Å². The SMILES string of the molecule is CC1(C)CN(S(=O)(=O)N2CCCCCCC2)C(C(=O)O)CO1. The fourth-order valence-electron chi connectivity index (χ4n) is 2.95. The van der Waals surface area contributed by atoms with Crippen molar-refractivity contribution < 1.29 is 23.1 Å². The third kappa shape index (κ3) is 3.98. The minimum Gasteiger partial charge on any atom is -0.480 e. The van der Waals surface area contributed by atoms with E-state index in [0.717, 1.165) is 36.4 Å². The first kappa shape index (κ1) is 17.7. The maximum Gasteiger partial charge on any atom is 0.324 e. The first-order chi connectivity index (χ1) is 10.2. The summed E-state index contributed by atoms with van der Waals surface area (Å²) in [7, 11) is -3.78. The van der Waals surface area contributed by atoms with Gasteiger partial charge < -0.3 is 9.84 Å². The third-order valence-electron chi connectivity index (χ3n) is 4.24. The molecule has 0 saturated carbocycles.